The molecule has 3 rings (SSSR count). The van der Waals surface area contributed by atoms with Crippen molar-refractivity contribution < 1.29 is 14.1 Å². The molecule has 1 aliphatic carbocycles. The van der Waals surface area contributed by atoms with Crippen LogP contribution in [0.4, 0.5) is 0 Å². The predicted molar refractivity (Wildman–Crippen MR) is 91.1 cm³/mol. The molecule has 2 aromatic rings. The van der Waals surface area contributed by atoms with Crippen molar-refractivity contribution in [2.45, 2.75) is 58.6 Å². The summed E-state index contributed by atoms with van der Waals surface area (Å²) in [6.45, 7) is 4.19. The van der Waals surface area contributed by atoms with Crippen molar-refractivity contribution in [3.05, 3.63) is 46.8 Å². The molecular weight excluding hydrogens is 304 g/mol. The molecule has 0 aliphatic heterocycles. The number of aryl methyl sites for hydroxylation is 2. The SMILES string of the molecule is CCc1ccc(OCc2c(C(=O)NC3CCCC3)noc2C)cc1. The van der Waals surface area contributed by atoms with Gasteiger partial charge < -0.3 is 14.6 Å². The molecule has 128 valence electrons. The van der Waals surface area contributed by atoms with Crippen LogP contribution in [-0.2, 0) is 13.0 Å². The van der Waals surface area contributed by atoms with Gasteiger partial charge in [-0.1, -0.05) is 37.1 Å². The zero-order chi connectivity index (χ0) is 16.9. The number of ether oxygens (including phenoxy) is 1. The molecule has 0 spiro atoms. The van der Waals surface area contributed by atoms with Crippen LogP contribution < -0.4 is 10.1 Å². The van der Waals surface area contributed by atoms with Crippen LogP contribution in [0, 0.1) is 6.92 Å². The van der Waals surface area contributed by atoms with Crippen LogP contribution >= 0.6 is 0 Å². The van der Waals surface area contributed by atoms with Gasteiger partial charge in [0.25, 0.3) is 5.91 Å². The summed E-state index contributed by atoms with van der Waals surface area (Å²) in [5.41, 5.74) is 2.31. The van der Waals surface area contributed by atoms with Gasteiger partial charge in [-0.15, -0.1) is 0 Å². The maximum absolute atomic E-state index is 12.4. The molecule has 0 radical (unpaired) electrons. The van der Waals surface area contributed by atoms with E-state index in [0.29, 0.717) is 17.0 Å². The van der Waals surface area contributed by atoms with Gasteiger partial charge in [-0.25, -0.2) is 0 Å². The van der Waals surface area contributed by atoms with E-state index < -0.39 is 0 Å². The van der Waals surface area contributed by atoms with Gasteiger partial charge in [-0.2, -0.15) is 0 Å². The first kappa shape index (κ1) is 16.6. The van der Waals surface area contributed by atoms with Crippen molar-refractivity contribution in [1.29, 1.82) is 0 Å². The lowest BCUT2D eigenvalue weighted by Crippen LogP contribution is -2.33. The third-order valence-electron chi connectivity index (χ3n) is 4.60. The third-order valence-corrected chi connectivity index (χ3v) is 4.60. The minimum atomic E-state index is -0.168. The number of amides is 1. The van der Waals surface area contributed by atoms with Crippen molar-refractivity contribution in [3.63, 3.8) is 0 Å². The molecule has 5 heteroatoms. The van der Waals surface area contributed by atoms with E-state index in [4.69, 9.17) is 9.26 Å². The Morgan fingerprint density at radius 1 is 1.29 bits per heavy atom. The van der Waals surface area contributed by atoms with Gasteiger partial charge in [0.05, 0.1) is 5.56 Å². The Morgan fingerprint density at radius 2 is 2.00 bits per heavy atom. The fourth-order valence-electron chi connectivity index (χ4n) is 3.04. The molecule has 1 N–H and O–H groups in total. The monoisotopic (exact) mass is 328 g/mol. The number of nitrogens with one attached hydrogen (secondary N) is 1. The summed E-state index contributed by atoms with van der Waals surface area (Å²) in [6, 6.07) is 8.23. The third kappa shape index (κ3) is 3.78. The van der Waals surface area contributed by atoms with Gasteiger partial charge >= 0.3 is 0 Å². The number of hydrogen-bond donors (Lipinski definition) is 1. The quantitative estimate of drug-likeness (QED) is 0.876. The molecule has 1 aromatic carbocycles. The second-order valence-corrected chi connectivity index (χ2v) is 6.31. The highest BCUT2D eigenvalue weighted by Crippen LogP contribution is 2.21. The van der Waals surface area contributed by atoms with Crippen LogP contribution in [-0.4, -0.2) is 17.1 Å². The largest absolute Gasteiger partial charge is 0.489 e. The summed E-state index contributed by atoms with van der Waals surface area (Å²) in [6.07, 6.45) is 5.42. The normalized spacial score (nSPS) is 14.8. The smallest absolute Gasteiger partial charge is 0.274 e. The minimum absolute atomic E-state index is 0.168. The maximum Gasteiger partial charge on any atom is 0.274 e. The lowest BCUT2D eigenvalue weighted by atomic mass is 10.1. The standard InChI is InChI=1S/C19H24N2O3/c1-3-14-8-10-16(11-9-14)23-12-17-13(2)24-21-18(17)19(22)20-15-6-4-5-7-15/h8-11,15H,3-7,12H2,1-2H3,(H,20,22). The summed E-state index contributed by atoms with van der Waals surface area (Å²) in [7, 11) is 0. The molecule has 1 fully saturated rings. The fraction of sp³-hybridized carbons (Fsp3) is 0.474. The Kier molecular flexibility index (Phi) is 5.18. The molecule has 1 aromatic heterocycles. The van der Waals surface area contributed by atoms with Gasteiger partial charge in [-0.3, -0.25) is 4.79 Å². The Bertz CT molecular complexity index is 685. The number of aromatic nitrogens is 1. The highest BCUT2D eigenvalue weighted by Gasteiger charge is 2.24. The highest BCUT2D eigenvalue weighted by atomic mass is 16.5. The van der Waals surface area contributed by atoms with E-state index in [0.717, 1.165) is 25.0 Å². The van der Waals surface area contributed by atoms with Crippen molar-refractivity contribution in [1.82, 2.24) is 10.5 Å². The fourth-order valence-corrected chi connectivity index (χ4v) is 3.04. The van der Waals surface area contributed by atoms with E-state index in [2.05, 4.69) is 17.4 Å². The summed E-state index contributed by atoms with van der Waals surface area (Å²) in [4.78, 5) is 12.4. The summed E-state index contributed by atoms with van der Waals surface area (Å²) in [5, 5.41) is 6.98. The number of hydrogen-bond acceptors (Lipinski definition) is 4. The van der Waals surface area contributed by atoms with E-state index in [-0.39, 0.29) is 18.6 Å². The molecule has 0 unspecified atom stereocenters. The average Bonchev–Trinajstić information content (AvgIpc) is 3.23. The first-order valence-electron chi connectivity index (χ1n) is 8.65. The zero-order valence-electron chi connectivity index (χ0n) is 14.3. The molecule has 1 aliphatic rings. The zero-order valence-corrected chi connectivity index (χ0v) is 14.3. The number of nitrogens with zero attached hydrogens (tertiary/aromatic N) is 1. The lowest BCUT2D eigenvalue weighted by molar-refractivity contribution is 0.0926. The van der Waals surface area contributed by atoms with Crippen LogP contribution in [0.2, 0.25) is 0 Å². The van der Waals surface area contributed by atoms with Gasteiger partial charge in [0, 0.05) is 6.04 Å². The van der Waals surface area contributed by atoms with Crippen LogP contribution in [0.25, 0.3) is 0 Å². The topological polar surface area (TPSA) is 64.4 Å². The van der Waals surface area contributed by atoms with E-state index in [1.165, 1.54) is 18.4 Å². The summed E-state index contributed by atoms with van der Waals surface area (Å²) in [5.74, 6) is 1.23. The van der Waals surface area contributed by atoms with E-state index in [1.54, 1.807) is 6.92 Å². The molecule has 0 atom stereocenters. The van der Waals surface area contributed by atoms with E-state index >= 15 is 0 Å². The molecular formula is C19H24N2O3. The average molecular weight is 328 g/mol. The molecule has 1 heterocycles. The first-order chi connectivity index (χ1) is 11.7. The van der Waals surface area contributed by atoms with Crippen molar-refractivity contribution in [2.24, 2.45) is 0 Å². The van der Waals surface area contributed by atoms with Crippen LogP contribution in [0.3, 0.4) is 0 Å². The number of rotatable bonds is 6. The summed E-state index contributed by atoms with van der Waals surface area (Å²) >= 11 is 0. The van der Waals surface area contributed by atoms with Gasteiger partial charge in [0.15, 0.2) is 5.69 Å². The van der Waals surface area contributed by atoms with Crippen LogP contribution in [0.1, 0.15) is 60.0 Å². The Morgan fingerprint density at radius 3 is 2.67 bits per heavy atom. The van der Waals surface area contributed by atoms with E-state index in [1.807, 2.05) is 24.3 Å². The van der Waals surface area contributed by atoms with Gasteiger partial charge in [0.1, 0.15) is 18.1 Å². The number of carbonyl (C=O) groups excluding carboxylic acids is 1. The van der Waals surface area contributed by atoms with Crippen molar-refractivity contribution in [2.75, 3.05) is 0 Å². The molecule has 0 bridgehead atoms. The molecule has 24 heavy (non-hydrogen) atoms. The number of benzene rings is 1. The van der Waals surface area contributed by atoms with Crippen LogP contribution in [0.5, 0.6) is 5.75 Å². The Balaban J connectivity index is 1.66. The maximum atomic E-state index is 12.4. The van der Waals surface area contributed by atoms with Gasteiger partial charge in [-0.05, 0) is 43.9 Å². The van der Waals surface area contributed by atoms with Crippen molar-refractivity contribution >= 4 is 5.91 Å². The summed E-state index contributed by atoms with van der Waals surface area (Å²) < 4.78 is 11.0. The predicted octanol–water partition coefficient (Wildman–Crippen LogP) is 3.80. The molecule has 1 saturated carbocycles. The van der Waals surface area contributed by atoms with Crippen molar-refractivity contribution in [3.8, 4) is 5.75 Å². The highest BCUT2D eigenvalue weighted by molar-refractivity contribution is 5.94. The molecule has 5 nitrogen and oxygen atoms in total. The van der Waals surface area contributed by atoms with Crippen LogP contribution in [0.15, 0.2) is 28.8 Å². The van der Waals surface area contributed by atoms with Gasteiger partial charge in [0.2, 0.25) is 0 Å². The van der Waals surface area contributed by atoms with E-state index in [9.17, 15) is 4.79 Å². The second-order valence-electron chi connectivity index (χ2n) is 6.31. The molecule has 0 saturated heterocycles. The lowest BCUT2D eigenvalue weighted by Gasteiger charge is -2.11. The number of carbonyl (C=O) groups is 1. The Hall–Kier alpha value is -2.30. The first-order valence-corrected chi connectivity index (χ1v) is 8.65. The Labute approximate surface area is 142 Å². The minimum Gasteiger partial charge on any atom is -0.489 e. The molecule has 1 amide bonds. The second kappa shape index (κ2) is 7.51.